The molecule has 1 saturated carbocycles. The van der Waals surface area contributed by atoms with Crippen LogP contribution in [0.15, 0.2) is 35.4 Å². The van der Waals surface area contributed by atoms with Gasteiger partial charge in [-0.3, -0.25) is 9.59 Å². The number of hydrogen-bond donors (Lipinski definition) is 0. The van der Waals surface area contributed by atoms with Gasteiger partial charge in [0.05, 0.1) is 16.2 Å². The van der Waals surface area contributed by atoms with Gasteiger partial charge in [0.1, 0.15) is 10.8 Å². The lowest BCUT2D eigenvalue weighted by atomic mass is 9.84. The Kier molecular flexibility index (Phi) is 6.22. The molecule has 1 aliphatic rings. The van der Waals surface area contributed by atoms with E-state index in [2.05, 4.69) is 4.98 Å². The maximum Gasteiger partial charge on any atom is 0.175 e. The van der Waals surface area contributed by atoms with Crippen molar-refractivity contribution >= 4 is 33.2 Å². The number of aldehydes is 1. The third-order valence-corrected chi connectivity index (χ3v) is 7.21. The number of thiazole rings is 1. The number of carbonyl (C=O) groups is 2. The van der Waals surface area contributed by atoms with Crippen LogP contribution in [0.25, 0.3) is 0 Å². The number of hydrogen-bond acceptors (Lipinski definition) is 6. The summed E-state index contributed by atoms with van der Waals surface area (Å²) in [4.78, 5) is 28.8. The van der Waals surface area contributed by atoms with Crippen molar-refractivity contribution in [2.24, 2.45) is 5.92 Å². The van der Waals surface area contributed by atoms with Crippen LogP contribution in [0.5, 0.6) is 0 Å². The molecular weight excluding hydrogens is 382 g/mol. The zero-order valence-corrected chi connectivity index (χ0v) is 16.9. The van der Waals surface area contributed by atoms with Gasteiger partial charge in [-0.1, -0.05) is 37.8 Å². The largest absolute Gasteiger partial charge is 0.299 e. The van der Waals surface area contributed by atoms with Crippen LogP contribution in [0.1, 0.15) is 58.3 Å². The smallest absolute Gasteiger partial charge is 0.175 e. The molecule has 1 aromatic carbocycles. The number of aromatic nitrogens is 1. The lowest BCUT2D eigenvalue weighted by Gasteiger charge is -2.20. The molecule has 144 valence electrons. The van der Waals surface area contributed by atoms with Gasteiger partial charge in [-0.2, -0.15) is 0 Å². The number of Topliss-reactive ketones (excluding diaryl/α,β-unsaturated/α-hetero) is 1. The Hall–Kier alpha value is -1.86. The Morgan fingerprint density at radius 1 is 1.26 bits per heavy atom. The monoisotopic (exact) mass is 405 g/mol. The molecule has 27 heavy (non-hydrogen) atoms. The topological polar surface area (TPSA) is 81.2 Å². The van der Waals surface area contributed by atoms with Gasteiger partial charge in [0.15, 0.2) is 16.1 Å². The summed E-state index contributed by atoms with van der Waals surface area (Å²) in [7, 11) is -3.26. The van der Waals surface area contributed by atoms with Crippen LogP contribution >= 0.6 is 11.3 Å². The second-order valence-corrected chi connectivity index (χ2v) is 10.4. The second kappa shape index (κ2) is 8.44. The van der Waals surface area contributed by atoms with Crippen molar-refractivity contribution in [1.29, 1.82) is 0 Å². The van der Waals surface area contributed by atoms with Crippen molar-refractivity contribution in [3.63, 3.8) is 0 Å². The number of rotatable bonds is 8. The number of carbonyl (C=O) groups excluding carboxylic acids is 2. The molecule has 0 amide bonds. The predicted molar refractivity (Wildman–Crippen MR) is 105 cm³/mol. The van der Waals surface area contributed by atoms with E-state index in [1.165, 1.54) is 36.6 Å². The highest BCUT2D eigenvalue weighted by atomic mass is 32.2. The fraction of sp³-hybridized carbons (Fsp3) is 0.450. The Morgan fingerprint density at radius 3 is 2.48 bits per heavy atom. The van der Waals surface area contributed by atoms with Crippen LogP contribution in [0.3, 0.4) is 0 Å². The van der Waals surface area contributed by atoms with E-state index in [4.69, 9.17) is 0 Å². The molecular formula is C20H23NO4S2. The summed E-state index contributed by atoms with van der Waals surface area (Å²) in [6.07, 6.45) is 9.07. The van der Waals surface area contributed by atoms with Crippen molar-refractivity contribution < 1.29 is 18.0 Å². The van der Waals surface area contributed by atoms with Crippen molar-refractivity contribution in [3.8, 4) is 0 Å². The van der Waals surface area contributed by atoms with Gasteiger partial charge >= 0.3 is 0 Å². The Balaban J connectivity index is 1.83. The van der Waals surface area contributed by atoms with Crippen molar-refractivity contribution in [1.82, 2.24) is 4.98 Å². The standard InChI is InChI=1S/C20H23NO4S2/c1-27(24,25)17-8-6-15(7-9-17)18(10-14-4-2-3-5-14)19(23)11-20-21-12-16(13-22)26-20/h6-9,12-14,18H,2-5,10-11H2,1H3/t18-/m1/s1. The zero-order valence-electron chi connectivity index (χ0n) is 15.3. The minimum Gasteiger partial charge on any atom is -0.299 e. The van der Waals surface area contributed by atoms with E-state index in [9.17, 15) is 18.0 Å². The van der Waals surface area contributed by atoms with Gasteiger partial charge in [0, 0.05) is 18.4 Å². The normalized spacial score (nSPS) is 16.3. The number of benzene rings is 1. The summed E-state index contributed by atoms with van der Waals surface area (Å²) < 4.78 is 23.4. The first-order chi connectivity index (χ1) is 12.9. The lowest BCUT2D eigenvalue weighted by Crippen LogP contribution is -2.18. The minimum absolute atomic E-state index is 0.0702. The molecule has 0 aliphatic heterocycles. The summed E-state index contributed by atoms with van der Waals surface area (Å²) in [5, 5.41) is 0.645. The van der Waals surface area contributed by atoms with E-state index in [1.54, 1.807) is 24.3 Å². The van der Waals surface area contributed by atoms with E-state index in [-0.39, 0.29) is 23.0 Å². The molecule has 0 N–H and O–H groups in total. The van der Waals surface area contributed by atoms with Crippen LogP contribution in [-0.4, -0.2) is 31.7 Å². The summed E-state index contributed by atoms with van der Waals surface area (Å²) in [6.45, 7) is 0. The molecule has 0 spiro atoms. The Labute approximate surface area is 163 Å². The fourth-order valence-electron chi connectivity index (χ4n) is 3.71. The van der Waals surface area contributed by atoms with E-state index in [0.717, 1.165) is 31.1 Å². The van der Waals surface area contributed by atoms with Crippen LogP contribution < -0.4 is 0 Å². The van der Waals surface area contributed by atoms with Crippen LogP contribution in [-0.2, 0) is 21.1 Å². The van der Waals surface area contributed by atoms with Gasteiger partial charge in [-0.15, -0.1) is 11.3 Å². The highest BCUT2D eigenvalue weighted by Gasteiger charge is 2.27. The van der Waals surface area contributed by atoms with E-state index in [0.29, 0.717) is 15.8 Å². The Bertz CT molecular complexity index is 910. The summed E-state index contributed by atoms with van der Waals surface area (Å²) in [5.74, 6) is 0.321. The number of ketones is 1. The second-order valence-electron chi connectivity index (χ2n) is 7.20. The van der Waals surface area contributed by atoms with Crippen molar-refractivity contribution in [2.75, 3.05) is 6.26 Å². The minimum atomic E-state index is -3.26. The average Bonchev–Trinajstić information content (AvgIpc) is 3.30. The average molecular weight is 406 g/mol. The summed E-state index contributed by atoms with van der Waals surface area (Å²) in [6, 6.07) is 6.67. The predicted octanol–water partition coefficient (Wildman–Crippen LogP) is 3.83. The Morgan fingerprint density at radius 2 is 1.93 bits per heavy atom. The molecule has 1 atom stereocenters. The maximum atomic E-state index is 13.0. The molecule has 7 heteroatoms. The molecule has 1 aliphatic carbocycles. The summed E-state index contributed by atoms with van der Waals surface area (Å²) >= 11 is 1.24. The van der Waals surface area contributed by atoms with E-state index in [1.807, 2.05) is 0 Å². The third kappa shape index (κ3) is 5.11. The van der Waals surface area contributed by atoms with Gasteiger partial charge in [0.25, 0.3) is 0 Å². The number of nitrogens with zero attached hydrogens (tertiary/aromatic N) is 1. The SMILES string of the molecule is CS(=O)(=O)c1ccc([C@@H](CC2CCCC2)C(=O)Cc2ncc(C=O)s2)cc1. The highest BCUT2D eigenvalue weighted by Crippen LogP contribution is 2.35. The van der Waals surface area contributed by atoms with Gasteiger partial charge in [-0.05, 0) is 30.0 Å². The van der Waals surface area contributed by atoms with Gasteiger partial charge in [0.2, 0.25) is 0 Å². The molecule has 0 saturated heterocycles. The fourth-order valence-corrected chi connectivity index (χ4v) is 5.09. The number of sulfone groups is 1. The molecule has 2 aromatic rings. The van der Waals surface area contributed by atoms with E-state index >= 15 is 0 Å². The maximum absolute atomic E-state index is 13.0. The molecule has 1 fully saturated rings. The van der Waals surface area contributed by atoms with Gasteiger partial charge < -0.3 is 0 Å². The molecule has 1 aromatic heterocycles. The van der Waals surface area contributed by atoms with E-state index < -0.39 is 9.84 Å². The lowest BCUT2D eigenvalue weighted by molar-refractivity contribution is -0.120. The third-order valence-electron chi connectivity index (χ3n) is 5.16. The summed E-state index contributed by atoms with van der Waals surface area (Å²) in [5.41, 5.74) is 0.853. The van der Waals surface area contributed by atoms with Crippen LogP contribution in [0.2, 0.25) is 0 Å². The molecule has 0 bridgehead atoms. The molecule has 3 rings (SSSR count). The van der Waals surface area contributed by atoms with Crippen molar-refractivity contribution in [3.05, 3.63) is 45.9 Å². The molecule has 5 nitrogen and oxygen atoms in total. The molecule has 0 unspecified atom stereocenters. The van der Waals surface area contributed by atoms with Crippen LogP contribution in [0, 0.1) is 5.92 Å². The zero-order chi connectivity index (χ0) is 19.4. The molecule has 1 heterocycles. The van der Waals surface area contributed by atoms with Gasteiger partial charge in [-0.25, -0.2) is 13.4 Å². The first-order valence-corrected chi connectivity index (χ1v) is 11.8. The quantitative estimate of drug-likeness (QED) is 0.624. The highest BCUT2D eigenvalue weighted by molar-refractivity contribution is 7.90. The van der Waals surface area contributed by atoms with Crippen molar-refractivity contribution in [2.45, 2.75) is 49.3 Å². The molecule has 0 radical (unpaired) electrons. The first-order valence-electron chi connectivity index (χ1n) is 9.09. The van der Waals surface area contributed by atoms with Crippen LogP contribution in [0.4, 0.5) is 0 Å². The first kappa shape index (κ1) is 19.9.